The van der Waals surface area contributed by atoms with E-state index < -0.39 is 5.41 Å². The third-order valence-corrected chi connectivity index (χ3v) is 12.9. The quantitative estimate of drug-likeness (QED) is 0.161. The van der Waals surface area contributed by atoms with Gasteiger partial charge in [0.2, 0.25) is 0 Å². The summed E-state index contributed by atoms with van der Waals surface area (Å²) in [7, 11) is 0. The van der Waals surface area contributed by atoms with E-state index in [0.29, 0.717) is 5.82 Å². The molecule has 3 heterocycles. The van der Waals surface area contributed by atoms with Crippen molar-refractivity contribution in [3.8, 4) is 56.2 Å². The number of hydrogen-bond donors (Lipinski definition) is 0. The van der Waals surface area contributed by atoms with E-state index >= 15 is 0 Å². The van der Waals surface area contributed by atoms with E-state index in [9.17, 15) is 0 Å². The molecule has 8 aromatic carbocycles. The number of nitrogens with zero attached hydrogens (tertiary/aromatic N) is 3. The Kier molecular flexibility index (Phi) is 8.98. The Labute approximate surface area is 354 Å². The van der Waals surface area contributed by atoms with Crippen molar-refractivity contribution < 1.29 is 0 Å². The molecule has 1 aliphatic rings. The van der Waals surface area contributed by atoms with Crippen molar-refractivity contribution in [3.05, 3.63) is 247 Å². The average Bonchev–Trinajstić information content (AvgIpc) is 3.34. The van der Waals surface area contributed by atoms with E-state index in [4.69, 9.17) is 15.0 Å². The molecule has 1 aliphatic heterocycles. The van der Waals surface area contributed by atoms with Crippen LogP contribution >= 0.6 is 11.8 Å². The molecule has 0 unspecified atom stereocenters. The van der Waals surface area contributed by atoms with Crippen LogP contribution in [0.25, 0.3) is 67.1 Å². The molecule has 3 nitrogen and oxygen atoms in total. The fourth-order valence-electron chi connectivity index (χ4n) is 8.83. The number of hydrogen-bond acceptors (Lipinski definition) is 4. The lowest BCUT2D eigenvalue weighted by molar-refractivity contribution is 0.703. The van der Waals surface area contributed by atoms with E-state index in [2.05, 4.69) is 200 Å². The first-order chi connectivity index (χ1) is 29.7. The highest BCUT2D eigenvalue weighted by Crippen LogP contribution is 2.56. The van der Waals surface area contributed by atoms with Gasteiger partial charge >= 0.3 is 0 Å². The molecule has 0 N–H and O–H groups in total. The maximum atomic E-state index is 5.15. The zero-order valence-electron chi connectivity index (χ0n) is 32.6. The van der Waals surface area contributed by atoms with Crippen LogP contribution in [0.2, 0.25) is 0 Å². The van der Waals surface area contributed by atoms with Crippen LogP contribution in [0.3, 0.4) is 0 Å². The molecule has 11 rings (SSSR count). The molecule has 0 amide bonds. The van der Waals surface area contributed by atoms with Gasteiger partial charge in [0.1, 0.15) is 0 Å². The average molecular weight is 784 g/mol. The van der Waals surface area contributed by atoms with Crippen LogP contribution in [0.4, 0.5) is 0 Å². The Balaban J connectivity index is 1.02. The van der Waals surface area contributed by atoms with Crippen LogP contribution < -0.4 is 0 Å². The molecule has 0 bridgehead atoms. The van der Waals surface area contributed by atoms with Crippen LogP contribution in [-0.2, 0) is 5.41 Å². The van der Waals surface area contributed by atoms with E-state index in [1.54, 1.807) is 0 Å². The molecule has 0 saturated heterocycles. The van der Waals surface area contributed by atoms with Crippen molar-refractivity contribution in [2.24, 2.45) is 0 Å². The zero-order valence-corrected chi connectivity index (χ0v) is 33.4. The first-order valence-electron chi connectivity index (χ1n) is 20.3. The second-order valence-electron chi connectivity index (χ2n) is 15.2. The molecule has 0 radical (unpaired) electrons. The van der Waals surface area contributed by atoms with Crippen molar-refractivity contribution >= 4 is 22.7 Å². The van der Waals surface area contributed by atoms with Crippen molar-refractivity contribution in [1.29, 1.82) is 0 Å². The summed E-state index contributed by atoms with van der Waals surface area (Å²) in [6.45, 7) is 0. The highest BCUT2D eigenvalue weighted by atomic mass is 32.2. The smallest absolute Gasteiger partial charge is 0.160 e. The summed E-state index contributed by atoms with van der Waals surface area (Å²) in [6, 6.07) is 78.1. The fourth-order valence-corrected chi connectivity index (χ4v) is 10.0. The molecule has 10 aromatic rings. The Morgan fingerprint density at radius 3 is 1.43 bits per heavy atom. The van der Waals surface area contributed by atoms with Gasteiger partial charge in [-0.1, -0.05) is 206 Å². The maximum Gasteiger partial charge on any atom is 0.160 e. The summed E-state index contributed by atoms with van der Waals surface area (Å²) < 4.78 is 0. The monoisotopic (exact) mass is 783 g/mol. The van der Waals surface area contributed by atoms with Gasteiger partial charge in [-0.2, -0.15) is 0 Å². The second-order valence-corrected chi connectivity index (χ2v) is 16.2. The molecule has 0 aliphatic carbocycles. The Hall–Kier alpha value is -7.40. The molecule has 282 valence electrons. The highest BCUT2D eigenvalue weighted by molar-refractivity contribution is 7.99. The Morgan fingerprint density at radius 1 is 0.367 bits per heavy atom. The standard InChI is InChI=1S/C56H37N3S/c1-3-13-41(14-4-1)50-37-51(42-15-5-2-6-16-42)59-55(58-50)44-30-34-46(35-31-44)56(48-20-7-9-22-52(48)60-53-23-10-8-21-49(53)56)45-32-28-39(29-33-45)38-24-26-40(27-25-38)47-19-11-17-43-18-12-36-57-54(43)47/h1-37H. The minimum atomic E-state index is -0.567. The predicted molar refractivity (Wildman–Crippen MR) is 247 cm³/mol. The minimum absolute atomic E-state index is 0.567. The molecule has 0 atom stereocenters. The van der Waals surface area contributed by atoms with Gasteiger partial charge in [-0.25, -0.2) is 9.97 Å². The van der Waals surface area contributed by atoms with Crippen molar-refractivity contribution in [1.82, 2.24) is 15.0 Å². The number of para-hydroxylation sites is 1. The first-order valence-corrected chi connectivity index (χ1v) is 21.1. The van der Waals surface area contributed by atoms with Gasteiger partial charge in [0, 0.05) is 43.6 Å². The molecular weight excluding hydrogens is 747 g/mol. The third kappa shape index (κ3) is 6.21. The Morgan fingerprint density at radius 2 is 0.850 bits per heavy atom. The summed E-state index contributed by atoms with van der Waals surface area (Å²) >= 11 is 1.85. The van der Waals surface area contributed by atoms with Crippen LogP contribution in [0.15, 0.2) is 234 Å². The number of fused-ring (bicyclic) bond motifs is 3. The Bertz CT molecular complexity index is 3040. The van der Waals surface area contributed by atoms with Gasteiger partial charge in [0.05, 0.1) is 22.3 Å². The first kappa shape index (κ1) is 35.7. The van der Waals surface area contributed by atoms with Gasteiger partial charge < -0.3 is 0 Å². The van der Waals surface area contributed by atoms with Gasteiger partial charge in [-0.15, -0.1) is 0 Å². The summed E-state index contributed by atoms with van der Waals surface area (Å²) in [5.74, 6) is 0.697. The molecular formula is C56H37N3S. The molecule has 0 fully saturated rings. The van der Waals surface area contributed by atoms with Gasteiger partial charge in [0.25, 0.3) is 0 Å². The zero-order chi connectivity index (χ0) is 39.9. The summed E-state index contributed by atoms with van der Waals surface area (Å²) in [5.41, 5.74) is 14.9. The maximum absolute atomic E-state index is 5.15. The van der Waals surface area contributed by atoms with Gasteiger partial charge in [0.15, 0.2) is 5.82 Å². The highest BCUT2D eigenvalue weighted by Gasteiger charge is 2.44. The van der Waals surface area contributed by atoms with E-state index in [1.165, 1.54) is 43.2 Å². The van der Waals surface area contributed by atoms with Crippen LogP contribution in [0.1, 0.15) is 22.3 Å². The summed E-state index contributed by atoms with van der Waals surface area (Å²) in [5, 5.41) is 1.14. The van der Waals surface area contributed by atoms with Crippen LogP contribution in [0, 0.1) is 0 Å². The van der Waals surface area contributed by atoms with Crippen molar-refractivity contribution in [3.63, 3.8) is 0 Å². The van der Waals surface area contributed by atoms with Crippen molar-refractivity contribution in [2.45, 2.75) is 15.2 Å². The van der Waals surface area contributed by atoms with Crippen molar-refractivity contribution in [2.75, 3.05) is 0 Å². The van der Waals surface area contributed by atoms with Gasteiger partial charge in [-0.3, -0.25) is 4.98 Å². The lowest BCUT2D eigenvalue weighted by atomic mass is 9.64. The molecule has 60 heavy (non-hydrogen) atoms. The number of aromatic nitrogens is 3. The number of pyridine rings is 1. The van der Waals surface area contributed by atoms with E-state index in [0.717, 1.165) is 50.1 Å². The van der Waals surface area contributed by atoms with Gasteiger partial charge in [-0.05, 0) is 63.2 Å². The topological polar surface area (TPSA) is 38.7 Å². The van der Waals surface area contributed by atoms with E-state index in [1.807, 2.05) is 36.2 Å². The minimum Gasteiger partial charge on any atom is -0.256 e. The normalized spacial score (nSPS) is 12.7. The van der Waals surface area contributed by atoms with E-state index in [-0.39, 0.29) is 0 Å². The lowest BCUT2D eigenvalue weighted by Gasteiger charge is -2.42. The summed E-state index contributed by atoms with van der Waals surface area (Å²) in [4.78, 5) is 17.5. The largest absolute Gasteiger partial charge is 0.256 e. The molecule has 0 spiro atoms. The van der Waals surface area contributed by atoms with Crippen LogP contribution in [-0.4, -0.2) is 15.0 Å². The number of rotatable bonds is 7. The SMILES string of the molecule is c1ccc(-c2cc(-c3ccccc3)nc(-c3ccc(C4(c5ccc(-c6ccc(-c7cccc8cccnc78)cc6)cc5)c5ccccc5Sc5ccccc54)cc3)n2)cc1. The lowest BCUT2D eigenvalue weighted by Crippen LogP contribution is -2.34. The molecule has 4 heteroatoms. The van der Waals surface area contributed by atoms with Crippen LogP contribution in [0.5, 0.6) is 0 Å². The fraction of sp³-hybridized carbons (Fsp3) is 0.0179. The predicted octanol–water partition coefficient (Wildman–Crippen LogP) is 14.2. The molecule has 0 saturated carbocycles. The molecule has 2 aromatic heterocycles. The summed E-state index contributed by atoms with van der Waals surface area (Å²) in [6.07, 6.45) is 1.87. The number of benzene rings is 8. The second kappa shape index (κ2) is 15.1. The third-order valence-electron chi connectivity index (χ3n) is 11.7.